The Labute approximate surface area is 183 Å². The van der Waals surface area contributed by atoms with Crippen LogP contribution in [0.25, 0.3) is 0 Å². The maximum absolute atomic E-state index is 12.8. The van der Waals surface area contributed by atoms with Crippen LogP contribution in [0.4, 0.5) is 5.69 Å². The van der Waals surface area contributed by atoms with Crippen LogP contribution in [0.5, 0.6) is 11.5 Å². The molecular formula is C23H32N2O6. The number of esters is 2. The first kappa shape index (κ1) is 24.1. The zero-order chi connectivity index (χ0) is 23.2. The van der Waals surface area contributed by atoms with E-state index >= 15 is 0 Å². The third kappa shape index (κ3) is 5.93. The average Bonchev–Trinajstić information content (AvgIpc) is 3.09. The normalized spacial score (nSPS) is 11.1. The van der Waals surface area contributed by atoms with Gasteiger partial charge < -0.3 is 29.2 Å². The Morgan fingerprint density at radius 3 is 2.32 bits per heavy atom. The van der Waals surface area contributed by atoms with Gasteiger partial charge in [-0.2, -0.15) is 0 Å². The third-order valence-electron chi connectivity index (χ3n) is 4.48. The number of nitrogens with one attached hydrogen (secondary N) is 2. The number of rotatable bonds is 9. The van der Waals surface area contributed by atoms with Gasteiger partial charge in [0.15, 0.2) is 0 Å². The Morgan fingerprint density at radius 2 is 1.77 bits per heavy atom. The second-order valence-electron chi connectivity index (χ2n) is 7.83. The molecule has 0 fully saturated rings. The van der Waals surface area contributed by atoms with E-state index in [9.17, 15) is 9.59 Å². The molecule has 2 aromatic rings. The van der Waals surface area contributed by atoms with Crippen molar-refractivity contribution in [2.75, 3.05) is 26.1 Å². The first-order valence-corrected chi connectivity index (χ1v) is 10.2. The Balaban J connectivity index is 2.46. The Morgan fingerprint density at radius 1 is 1.06 bits per heavy atom. The lowest BCUT2D eigenvalue weighted by atomic mass is 10.1. The van der Waals surface area contributed by atoms with Crippen molar-refractivity contribution in [2.45, 2.75) is 53.2 Å². The topological polar surface area (TPSA) is 98.9 Å². The van der Waals surface area contributed by atoms with Gasteiger partial charge in [-0.25, -0.2) is 9.59 Å². The first-order chi connectivity index (χ1) is 14.6. The molecule has 0 saturated heterocycles. The van der Waals surface area contributed by atoms with Crippen molar-refractivity contribution in [1.29, 1.82) is 0 Å². The number of hydrogen-bond acceptors (Lipinski definition) is 7. The first-order valence-electron chi connectivity index (χ1n) is 10.2. The second-order valence-corrected chi connectivity index (χ2v) is 7.83. The number of methoxy groups -OCH3 is 2. The summed E-state index contributed by atoms with van der Waals surface area (Å²) >= 11 is 0. The minimum Gasteiger partial charge on any atom is -0.497 e. The molecule has 170 valence electrons. The number of benzene rings is 1. The van der Waals surface area contributed by atoms with Crippen molar-refractivity contribution in [2.24, 2.45) is 0 Å². The average molecular weight is 433 g/mol. The second kappa shape index (κ2) is 10.2. The molecule has 0 aliphatic carbocycles. The van der Waals surface area contributed by atoms with Gasteiger partial charge in [0, 0.05) is 11.8 Å². The van der Waals surface area contributed by atoms with E-state index in [1.807, 2.05) is 6.92 Å². The van der Waals surface area contributed by atoms with E-state index in [2.05, 4.69) is 10.3 Å². The molecule has 2 rings (SSSR count). The molecule has 0 bridgehead atoms. The molecule has 2 N–H and O–H groups in total. The molecule has 8 heteroatoms. The Bertz CT molecular complexity index is 927. The molecule has 0 amide bonds. The van der Waals surface area contributed by atoms with Crippen molar-refractivity contribution in [3.63, 3.8) is 0 Å². The van der Waals surface area contributed by atoms with Crippen LogP contribution in [-0.4, -0.2) is 43.4 Å². The standard InChI is InChI=1S/C23H32N2O6/c1-8-15-19(21(26)30-9-2)17(25-20(15)22(27)31-23(3,4)5)13-24-16-12-14(28-6)10-11-18(16)29-7/h10-12,24-25H,8-9,13H2,1-7H3. The predicted molar refractivity (Wildman–Crippen MR) is 118 cm³/mol. The van der Waals surface area contributed by atoms with Crippen LogP contribution in [0.2, 0.25) is 0 Å². The van der Waals surface area contributed by atoms with Crippen molar-refractivity contribution in [1.82, 2.24) is 4.98 Å². The molecule has 0 saturated carbocycles. The SMILES string of the molecule is CCOC(=O)c1c(CNc2cc(OC)ccc2OC)[nH]c(C(=O)OC(C)(C)C)c1CC. The van der Waals surface area contributed by atoms with E-state index in [1.54, 1.807) is 60.1 Å². The van der Waals surface area contributed by atoms with E-state index < -0.39 is 17.5 Å². The van der Waals surface area contributed by atoms with Crippen molar-refractivity contribution in [3.05, 3.63) is 40.7 Å². The monoisotopic (exact) mass is 432 g/mol. The summed E-state index contributed by atoms with van der Waals surface area (Å²) in [5.41, 5.74) is 1.73. The molecule has 0 spiro atoms. The summed E-state index contributed by atoms with van der Waals surface area (Å²) in [5.74, 6) is 0.275. The number of aromatic amines is 1. The fraction of sp³-hybridized carbons (Fsp3) is 0.478. The van der Waals surface area contributed by atoms with Gasteiger partial charge in [-0.15, -0.1) is 0 Å². The summed E-state index contributed by atoms with van der Waals surface area (Å²) in [4.78, 5) is 28.6. The third-order valence-corrected chi connectivity index (χ3v) is 4.48. The van der Waals surface area contributed by atoms with Gasteiger partial charge in [-0.1, -0.05) is 6.92 Å². The van der Waals surface area contributed by atoms with Gasteiger partial charge in [-0.3, -0.25) is 0 Å². The summed E-state index contributed by atoms with van der Waals surface area (Å²) in [5, 5.41) is 3.25. The highest BCUT2D eigenvalue weighted by molar-refractivity contribution is 5.99. The maximum Gasteiger partial charge on any atom is 0.355 e. The van der Waals surface area contributed by atoms with Crippen LogP contribution in [0, 0.1) is 0 Å². The van der Waals surface area contributed by atoms with Crippen LogP contribution in [0.3, 0.4) is 0 Å². The number of H-pyrrole nitrogens is 1. The molecule has 1 heterocycles. The molecule has 0 radical (unpaired) electrons. The molecule has 8 nitrogen and oxygen atoms in total. The Kier molecular flexibility index (Phi) is 7.96. The summed E-state index contributed by atoms with van der Waals surface area (Å²) in [7, 11) is 3.15. The van der Waals surface area contributed by atoms with Gasteiger partial charge in [0.25, 0.3) is 0 Å². The number of aromatic nitrogens is 1. The van der Waals surface area contributed by atoms with Gasteiger partial charge in [0.1, 0.15) is 22.8 Å². The van der Waals surface area contributed by atoms with E-state index in [-0.39, 0.29) is 18.8 Å². The molecular weight excluding hydrogens is 400 g/mol. The maximum atomic E-state index is 12.8. The van der Waals surface area contributed by atoms with E-state index in [1.165, 1.54) is 0 Å². The number of carbonyl (C=O) groups excluding carboxylic acids is 2. The summed E-state index contributed by atoms with van der Waals surface area (Å²) < 4.78 is 21.5. The molecule has 0 atom stereocenters. The molecule has 1 aromatic heterocycles. The van der Waals surface area contributed by atoms with E-state index in [0.717, 1.165) is 0 Å². The smallest absolute Gasteiger partial charge is 0.355 e. The summed E-state index contributed by atoms with van der Waals surface area (Å²) in [6.45, 7) is 9.46. The molecule has 0 aliphatic rings. The summed E-state index contributed by atoms with van der Waals surface area (Å²) in [6.07, 6.45) is 0.460. The quantitative estimate of drug-likeness (QED) is 0.569. The lowest BCUT2D eigenvalue weighted by Crippen LogP contribution is -2.24. The van der Waals surface area contributed by atoms with Crippen LogP contribution in [-0.2, 0) is 22.4 Å². The molecule has 1 aromatic carbocycles. The van der Waals surface area contributed by atoms with Crippen LogP contribution >= 0.6 is 0 Å². The van der Waals surface area contributed by atoms with Crippen LogP contribution in [0.15, 0.2) is 18.2 Å². The molecule has 0 aliphatic heterocycles. The zero-order valence-corrected chi connectivity index (χ0v) is 19.3. The lowest BCUT2D eigenvalue weighted by Gasteiger charge is -2.19. The minimum absolute atomic E-state index is 0.228. The van der Waals surface area contributed by atoms with Gasteiger partial charge in [-0.05, 0) is 51.8 Å². The van der Waals surface area contributed by atoms with Crippen LogP contribution < -0.4 is 14.8 Å². The predicted octanol–water partition coefficient (Wildman–Crippen LogP) is 4.34. The Hall–Kier alpha value is -3.16. The van der Waals surface area contributed by atoms with Crippen molar-refractivity contribution in [3.8, 4) is 11.5 Å². The van der Waals surface area contributed by atoms with Gasteiger partial charge in [0.05, 0.1) is 38.6 Å². The molecule has 31 heavy (non-hydrogen) atoms. The van der Waals surface area contributed by atoms with E-state index in [4.69, 9.17) is 18.9 Å². The highest BCUT2D eigenvalue weighted by Crippen LogP contribution is 2.30. The minimum atomic E-state index is -0.663. The van der Waals surface area contributed by atoms with Crippen molar-refractivity contribution >= 4 is 17.6 Å². The number of carbonyl (C=O) groups is 2. The van der Waals surface area contributed by atoms with Crippen molar-refractivity contribution < 1.29 is 28.5 Å². The highest BCUT2D eigenvalue weighted by atomic mass is 16.6. The number of ether oxygens (including phenoxy) is 4. The molecule has 0 unspecified atom stereocenters. The van der Waals surface area contributed by atoms with Crippen LogP contribution in [0.1, 0.15) is 66.7 Å². The van der Waals surface area contributed by atoms with E-state index in [0.29, 0.717) is 40.4 Å². The largest absolute Gasteiger partial charge is 0.497 e. The number of anilines is 1. The summed E-state index contributed by atoms with van der Waals surface area (Å²) in [6, 6.07) is 5.37. The number of hydrogen-bond donors (Lipinski definition) is 2. The fourth-order valence-electron chi connectivity index (χ4n) is 3.17. The zero-order valence-electron chi connectivity index (χ0n) is 19.3. The van der Waals surface area contributed by atoms with Gasteiger partial charge >= 0.3 is 11.9 Å². The lowest BCUT2D eigenvalue weighted by molar-refractivity contribution is 0.00622. The highest BCUT2D eigenvalue weighted by Gasteiger charge is 2.29. The fourth-order valence-corrected chi connectivity index (χ4v) is 3.17. The van der Waals surface area contributed by atoms with Gasteiger partial charge in [0.2, 0.25) is 0 Å².